The molecule has 21 heavy (non-hydrogen) atoms. The average molecular weight is 291 g/mol. The molecular formula is C14H13NO6. The number of hydrogen-bond acceptors (Lipinski definition) is 5. The number of furan rings is 1. The Labute approximate surface area is 119 Å². The summed E-state index contributed by atoms with van der Waals surface area (Å²) < 4.78 is 10.6. The van der Waals surface area contributed by atoms with Gasteiger partial charge in [0.2, 0.25) is 5.76 Å². The third-order valence-electron chi connectivity index (χ3n) is 2.93. The Kier molecular flexibility index (Phi) is 3.93. The summed E-state index contributed by atoms with van der Waals surface area (Å²) in [4.78, 5) is 21.1. The van der Waals surface area contributed by atoms with Gasteiger partial charge in [0.15, 0.2) is 0 Å². The van der Waals surface area contributed by atoms with Gasteiger partial charge in [-0.3, -0.25) is 10.1 Å². The van der Waals surface area contributed by atoms with Gasteiger partial charge in [-0.25, -0.2) is 4.79 Å². The highest BCUT2D eigenvalue weighted by Gasteiger charge is 2.15. The van der Waals surface area contributed by atoms with Crippen LogP contribution in [0.25, 0.3) is 0 Å². The van der Waals surface area contributed by atoms with Crippen LogP contribution in [0.4, 0.5) is 5.69 Å². The molecule has 0 aliphatic rings. The molecule has 0 radical (unpaired) electrons. The number of hydrogen-bond donors (Lipinski definition) is 1. The molecule has 1 aromatic carbocycles. The van der Waals surface area contributed by atoms with Gasteiger partial charge >= 0.3 is 5.97 Å². The number of carboxylic acids is 1. The van der Waals surface area contributed by atoms with E-state index in [0.29, 0.717) is 22.6 Å². The van der Waals surface area contributed by atoms with Crippen molar-refractivity contribution in [2.45, 2.75) is 20.5 Å². The Morgan fingerprint density at radius 3 is 2.62 bits per heavy atom. The SMILES string of the molecule is Cc1cc([N+](=O)[O-])c(C)cc1OCc1ccc(C(=O)O)o1. The van der Waals surface area contributed by atoms with E-state index in [1.165, 1.54) is 18.2 Å². The molecule has 0 aliphatic carbocycles. The van der Waals surface area contributed by atoms with Crippen LogP contribution in [0.1, 0.15) is 27.4 Å². The summed E-state index contributed by atoms with van der Waals surface area (Å²) in [6, 6.07) is 5.87. The molecule has 1 heterocycles. The van der Waals surface area contributed by atoms with Gasteiger partial charge in [0.05, 0.1) is 4.92 Å². The number of carboxylic acid groups (broad SMARTS) is 1. The lowest BCUT2D eigenvalue weighted by atomic mass is 10.1. The standard InChI is InChI=1S/C14H13NO6/c1-8-6-13(9(2)5-11(8)15(18)19)20-7-10-3-4-12(21-10)14(16)17/h3-6H,7H2,1-2H3,(H,16,17). The molecule has 0 saturated carbocycles. The van der Waals surface area contributed by atoms with Crippen molar-refractivity contribution in [2.24, 2.45) is 0 Å². The van der Waals surface area contributed by atoms with Crippen LogP contribution in [-0.2, 0) is 6.61 Å². The van der Waals surface area contributed by atoms with E-state index in [2.05, 4.69) is 0 Å². The number of aromatic carboxylic acids is 1. The van der Waals surface area contributed by atoms with Crippen molar-refractivity contribution in [1.82, 2.24) is 0 Å². The fraction of sp³-hybridized carbons (Fsp3) is 0.214. The summed E-state index contributed by atoms with van der Waals surface area (Å²) in [5.41, 5.74) is 1.15. The van der Waals surface area contributed by atoms with E-state index in [1.54, 1.807) is 19.9 Å². The minimum atomic E-state index is -1.15. The summed E-state index contributed by atoms with van der Waals surface area (Å²) in [5, 5.41) is 19.6. The van der Waals surface area contributed by atoms with E-state index in [9.17, 15) is 14.9 Å². The molecule has 0 aliphatic heterocycles. The van der Waals surface area contributed by atoms with Crippen LogP contribution in [0.3, 0.4) is 0 Å². The monoisotopic (exact) mass is 291 g/mol. The molecule has 1 aromatic heterocycles. The van der Waals surface area contributed by atoms with Gasteiger partial charge in [-0.2, -0.15) is 0 Å². The number of carbonyl (C=O) groups is 1. The molecule has 0 amide bonds. The zero-order chi connectivity index (χ0) is 15.6. The van der Waals surface area contributed by atoms with E-state index in [1.807, 2.05) is 0 Å². The van der Waals surface area contributed by atoms with Crippen LogP contribution in [0.15, 0.2) is 28.7 Å². The fourth-order valence-electron chi connectivity index (χ4n) is 1.85. The smallest absolute Gasteiger partial charge is 0.371 e. The van der Waals surface area contributed by atoms with Crippen molar-refractivity contribution < 1.29 is 24.0 Å². The lowest BCUT2D eigenvalue weighted by molar-refractivity contribution is -0.385. The zero-order valence-electron chi connectivity index (χ0n) is 11.5. The molecule has 2 aromatic rings. The van der Waals surface area contributed by atoms with Crippen LogP contribution >= 0.6 is 0 Å². The minimum absolute atomic E-state index is 0.0333. The van der Waals surface area contributed by atoms with Crippen LogP contribution in [0.5, 0.6) is 5.75 Å². The summed E-state index contributed by atoms with van der Waals surface area (Å²) in [6.07, 6.45) is 0. The van der Waals surface area contributed by atoms with Crippen LogP contribution in [0.2, 0.25) is 0 Å². The van der Waals surface area contributed by atoms with Crippen LogP contribution in [0, 0.1) is 24.0 Å². The van der Waals surface area contributed by atoms with E-state index in [-0.39, 0.29) is 18.1 Å². The third-order valence-corrected chi connectivity index (χ3v) is 2.93. The highest BCUT2D eigenvalue weighted by atomic mass is 16.6. The maximum Gasteiger partial charge on any atom is 0.371 e. The van der Waals surface area contributed by atoms with E-state index in [0.717, 1.165) is 0 Å². The fourth-order valence-corrected chi connectivity index (χ4v) is 1.85. The number of ether oxygens (including phenoxy) is 1. The van der Waals surface area contributed by atoms with E-state index in [4.69, 9.17) is 14.3 Å². The lowest BCUT2D eigenvalue weighted by Crippen LogP contribution is -1.99. The summed E-state index contributed by atoms with van der Waals surface area (Å²) >= 11 is 0. The zero-order valence-corrected chi connectivity index (χ0v) is 11.5. The molecule has 7 heteroatoms. The number of aryl methyl sites for hydroxylation is 2. The van der Waals surface area contributed by atoms with Crippen molar-refractivity contribution >= 4 is 11.7 Å². The second-order valence-electron chi connectivity index (χ2n) is 4.52. The second kappa shape index (κ2) is 5.66. The molecular weight excluding hydrogens is 278 g/mol. The molecule has 110 valence electrons. The average Bonchev–Trinajstić information content (AvgIpc) is 2.88. The molecule has 0 saturated heterocycles. The molecule has 0 fully saturated rings. The summed E-state index contributed by atoms with van der Waals surface area (Å²) in [7, 11) is 0. The van der Waals surface area contributed by atoms with Gasteiger partial charge in [0.1, 0.15) is 18.1 Å². The van der Waals surface area contributed by atoms with Crippen LogP contribution < -0.4 is 4.74 Å². The maximum absolute atomic E-state index is 10.8. The largest absolute Gasteiger partial charge is 0.485 e. The van der Waals surface area contributed by atoms with Gasteiger partial charge in [-0.05, 0) is 37.6 Å². The first-order chi connectivity index (χ1) is 9.88. The van der Waals surface area contributed by atoms with Gasteiger partial charge in [-0.1, -0.05) is 0 Å². The first kappa shape index (κ1) is 14.6. The number of nitro benzene ring substituents is 1. The van der Waals surface area contributed by atoms with Gasteiger partial charge < -0.3 is 14.3 Å². The number of nitro groups is 1. The molecule has 0 bridgehead atoms. The Morgan fingerprint density at radius 1 is 1.33 bits per heavy atom. The minimum Gasteiger partial charge on any atom is -0.485 e. The number of nitrogens with zero attached hydrogens (tertiary/aromatic N) is 1. The van der Waals surface area contributed by atoms with Crippen molar-refractivity contribution in [2.75, 3.05) is 0 Å². The Bertz CT molecular complexity index is 703. The topological polar surface area (TPSA) is 103 Å². The quantitative estimate of drug-likeness (QED) is 0.670. The summed E-state index contributed by atoms with van der Waals surface area (Å²) in [6.45, 7) is 3.37. The maximum atomic E-state index is 10.8. The molecule has 0 atom stereocenters. The van der Waals surface area contributed by atoms with Crippen molar-refractivity contribution in [3.63, 3.8) is 0 Å². The Hall–Kier alpha value is -2.83. The second-order valence-corrected chi connectivity index (χ2v) is 4.52. The predicted molar refractivity (Wildman–Crippen MR) is 72.6 cm³/mol. The van der Waals surface area contributed by atoms with E-state index >= 15 is 0 Å². The normalized spacial score (nSPS) is 10.4. The highest BCUT2D eigenvalue weighted by Crippen LogP contribution is 2.28. The molecule has 2 rings (SSSR count). The predicted octanol–water partition coefficient (Wildman–Crippen LogP) is 3.08. The Balaban J connectivity index is 2.14. The molecule has 0 unspecified atom stereocenters. The van der Waals surface area contributed by atoms with E-state index < -0.39 is 10.9 Å². The number of rotatable bonds is 5. The third kappa shape index (κ3) is 3.19. The first-order valence-corrected chi connectivity index (χ1v) is 6.09. The van der Waals surface area contributed by atoms with Gasteiger partial charge in [0, 0.05) is 11.6 Å². The van der Waals surface area contributed by atoms with Crippen molar-refractivity contribution in [3.05, 3.63) is 57.0 Å². The molecule has 1 N–H and O–H groups in total. The van der Waals surface area contributed by atoms with Crippen LogP contribution in [-0.4, -0.2) is 16.0 Å². The Morgan fingerprint density at radius 2 is 2.05 bits per heavy atom. The van der Waals surface area contributed by atoms with Gasteiger partial charge in [0.25, 0.3) is 5.69 Å². The first-order valence-electron chi connectivity index (χ1n) is 6.09. The highest BCUT2D eigenvalue weighted by molar-refractivity contribution is 5.84. The molecule has 7 nitrogen and oxygen atoms in total. The lowest BCUT2D eigenvalue weighted by Gasteiger charge is -2.09. The molecule has 0 spiro atoms. The number of benzene rings is 1. The van der Waals surface area contributed by atoms with Crippen molar-refractivity contribution in [3.8, 4) is 5.75 Å². The van der Waals surface area contributed by atoms with Gasteiger partial charge in [-0.15, -0.1) is 0 Å². The van der Waals surface area contributed by atoms with Crippen molar-refractivity contribution in [1.29, 1.82) is 0 Å². The summed E-state index contributed by atoms with van der Waals surface area (Å²) in [5.74, 6) is -0.456.